The second-order valence-electron chi connectivity index (χ2n) is 2.59. The van der Waals surface area contributed by atoms with Gasteiger partial charge in [0.15, 0.2) is 0 Å². The number of hydrogen-bond donors (Lipinski definition) is 1. The largest absolute Gasteiger partial charge is 0.460 e. The van der Waals surface area contributed by atoms with Gasteiger partial charge in [-0.25, -0.2) is 0 Å². The van der Waals surface area contributed by atoms with E-state index in [0.29, 0.717) is 12.8 Å². The number of rotatable bonds is 2. The van der Waals surface area contributed by atoms with Crippen molar-refractivity contribution < 1.29 is 19.4 Å². The van der Waals surface area contributed by atoms with E-state index in [1.165, 1.54) is 0 Å². The zero-order valence-electron chi connectivity index (χ0n) is 6.45. The van der Waals surface area contributed by atoms with Crippen molar-refractivity contribution in [2.75, 3.05) is 13.7 Å². The van der Waals surface area contributed by atoms with Crippen LogP contribution in [0, 0.1) is 0 Å². The lowest BCUT2D eigenvalue weighted by molar-refractivity contribution is -0.164. The number of aliphatic hydroxyl groups is 1. The van der Waals surface area contributed by atoms with E-state index in [-0.39, 0.29) is 24.8 Å². The van der Waals surface area contributed by atoms with Crippen LogP contribution in [-0.4, -0.2) is 37.0 Å². The fraction of sp³-hybridized carbons (Fsp3) is 0.857. The van der Waals surface area contributed by atoms with Crippen LogP contribution in [0.5, 0.6) is 0 Å². The molecule has 1 N–H and O–H groups in total. The van der Waals surface area contributed by atoms with Gasteiger partial charge in [0, 0.05) is 13.5 Å². The Morgan fingerprint density at radius 3 is 3.09 bits per heavy atom. The average molecular weight is 160 g/mol. The molecule has 1 saturated heterocycles. The van der Waals surface area contributed by atoms with Crippen LogP contribution in [0.25, 0.3) is 0 Å². The lowest BCUT2D eigenvalue weighted by Crippen LogP contribution is -2.35. The highest BCUT2D eigenvalue weighted by Crippen LogP contribution is 2.16. The zero-order chi connectivity index (χ0) is 8.27. The highest BCUT2D eigenvalue weighted by molar-refractivity contribution is 5.71. The summed E-state index contributed by atoms with van der Waals surface area (Å²) in [7, 11) is 1.55. The van der Waals surface area contributed by atoms with Gasteiger partial charge >= 0.3 is 5.97 Å². The van der Waals surface area contributed by atoms with Gasteiger partial charge in [-0.15, -0.1) is 0 Å². The summed E-state index contributed by atoms with van der Waals surface area (Å²) in [6, 6.07) is 0. The molecule has 1 aliphatic rings. The summed E-state index contributed by atoms with van der Waals surface area (Å²) in [6.45, 7) is -0.119. The Kier molecular flexibility index (Phi) is 2.84. The fourth-order valence-corrected chi connectivity index (χ4v) is 1.14. The fourth-order valence-electron chi connectivity index (χ4n) is 1.14. The Morgan fingerprint density at radius 1 is 1.82 bits per heavy atom. The van der Waals surface area contributed by atoms with Gasteiger partial charge in [-0.3, -0.25) is 4.79 Å². The zero-order valence-corrected chi connectivity index (χ0v) is 6.45. The highest BCUT2D eigenvalue weighted by Gasteiger charge is 2.27. The van der Waals surface area contributed by atoms with Gasteiger partial charge in [-0.2, -0.15) is 0 Å². The second kappa shape index (κ2) is 3.69. The number of esters is 1. The summed E-state index contributed by atoms with van der Waals surface area (Å²) in [5.41, 5.74) is 0. The molecule has 0 unspecified atom stereocenters. The molecule has 0 saturated carbocycles. The predicted octanol–water partition coefficient (Wildman–Crippen LogP) is -0.301. The topological polar surface area (TPSA) is 55.8 Å². The third-order valence-corrected chi connectivity index (χ3v) is 1.76. The Balaban J connectivity index is 2.43. The Labute approximate surface area is 65.1 Å². The van der Waals surface area contributed by atoms with Gasteiger partial charge < -0.3 is 14.6 Å². The van der Waals surface area contributed by atoms with Gasteiger partial charge in [0.05, 0.1) is 19.1 Å². The summed E-state index contributed by atoms with van der Waals surface area (Å²) in [5, 5.41) is 8.69. The van der Waals surface area contributed by atoms with E-state index in [1.807, 2.05) is 0 Å². The van der Waals surface area contributed by atoms with E-state index in [2.05, 4.69) is 0 Å². The first-order valence-corrected chi connectivity index (χ1v) is 3.59. The number of aliphatic hydroxyl groups excluding tert-OH is 1. The third kappa shape index (κ3) is 2.17. The molecule has 1 rings (SSSR count). The lowest BCUT2D eigenvalue weighted by atomic mass is 10.1. The van der Waals surface area contributed by atoms with Crippen molar-refractivity contribution in [1.82, 2.24) is 0 Å². The van der Waals surface area contributed by atoms with E-state index in [4.69, 9.17) is 14.6 Å². The molecule has 1 heterocycles. The molecule has 4 heteroatoms. The molecule has 0 radical (unpaired) electrons. The molecule has 0 aliphatic carbocycles. The Bertz CT molecular complexity index is 131. The van der Waals surface area contributed by atoms with Crippen molar-refractivity contribution in [3.8, 4) is 0 Å². The van der Waals surface area contributed by atoms with Crippen LogP contribution in [0.15, 0.2) is 0 Å². The molecule has 0 aromatic carbocycles. The first kappa shape index (κ1) is 8.49. The van der Waals surface area contributed by atoms with Crippen LogP contribution < -0.4 is 0 Å². The van der Waals surface area contributed by atoms with E-state index < -0.39 is 0 Å². The van der Waals surface area contributed by atoms with E-state index in [0.717, 1.165) is 0 Å². The molecule has 0 bridgehead atoms. The summed E-state index contributed by atoms with van der Waals surface area (Å²) in [4.78, 5) is 10.8. The maximum absolute atomic E-state index is 10.8. The summed E-state index contributed by atoms with van der Waals surface area (Å²) < 4.78 is 9.78. The van der Waals surface area contributed by atoms with Crippen LogP contribution in [0.1, 0.15) is 12.8 Å². The van der Waals surface area contributed by atoms with Crippen molar-refractivity contribution in [1.29, 1.82) is 0 Å². The molecule has 1 aliphatic heterocycles. The number of cyclic esters (lactones) is 1. The number of carbonyl (C=O) groups is 1. The average Bonchev–Trinajstić information content (AvgIpc) is 2.03. The predicted molar refractivity (Wildman–Crippen MR) is 37.0 cm³/mol. The molecular weight excluding hydrogens is 148 g/mol. The lowest BCUT2D eigenvalue weighted by Gasteiger charge is -2.26. The standard InChI is InChI=1S/C7H12O4/c1-10-5-2-6(4-8)11-7(9)3-5/h5-6,8H,2-4H2,1H3/t5-,6-/m1/s1. The minimum absolute atomic E-state index is 0.0894. The molecule has 4 nitrogen and oxygen atoms in total. The third-order valence-electron chi connectivity index (χ3n) is 1.76. The summed E-state index contributed by atoms with van der Waals surface area (Å²) >= 11 is 0. The molecule has 2 atom stereocenters. The van der Waals surface area contributed by atoms with Crippen LogP contribution in [-0.2, 0) is 14.3 Å². The van der Waals surface area contributed by atoms with E-state index in [9.17, 15) is 4.79 Å². The van der Waals surface area contributed by atoms with Gasteiger partial charge in [0.2, 0.25) is 0 Å². The van der Waals surface area contributed by atoms with Gasteiger partial charge in [-0.1, -0.05) is 0 Å². The second-order valence-corrected chi connectivity index (χ2v) is 2.59. The van der Waals surface area contributed by atoms with Crippen LogP contribution in [0.3, 0.4) is 0 Å². The highest BCUT2D eigenvalue weighted by atomic mass is 16.6. The van der Waals surface area contributed by atoms with Crippen molar-refractivity contribution in [3.05, 3.63) is 0 Å². The minimum Gasteiger partial charge on any atom is -0.460 e. The van der Waals surface area contributed by atoms with E-state index >= 15 is 0 Å². The molecule has 64 valence electrons. The van der Waals surface area contributed by atoms with Crippen LogP contribution in [0.4, 0.5) is 0 Å². The number of hydrogen-bond acceptors (Lipinski definition) is 4. The number of ether oxygens (including phenoxy) is 2. The molecule has 0 aromatic heterocycles. The quantitative estimate of drug-likeness (QED) is 0.563. The smallest absolute Gasteiger partial charge is 0.308 e. The van der Waals surface area contributed by atoms with Gasteiger partial charge in [0.25, 0.3) is 0 Å². The normalized spacial score (nSPS) is 31.6. The number of carbonyl (C=O) groups excluding carboxylic acids is 1. The minimum atomic E-state index is -0.374. The molecule has 0 spiro atoms. The maximum Gasteiger partial charge on any atom is 0.308 e. The van der Waals surface area contributed by atoms with Crippen molar-refractivity contribution in [2.45, 2.75) is 25.0 Å². The van der Waals surface area contributed by atoms with Gasteiger partial charge in [0.1, 0.15) is 6.10 Å². The Hall–Kier alpha value is -0.610. The summed E-state index contributed by atoms with van der Waals surface area (Å²) in [6.07, 6.45) is 0.431. The van der Waals surface area contributed by atoms with Crippen molar-refractivity contribution >= 4 is 5.97 Å². The molecule has 0 aromatic rings. The maximum atomic E-state index is 10.8. The monoisotopic (exact) mass is 160 g/mol. The van der Waals surface area contributed by atoms with Gasteiger partial charge in [-0.05, 0) is 0 Å². The SMILES string of the molecule is CO[C@H]1CC(=O)O[C@@H](CO)C1. The van der Waals surface area contributed by atoms with Crippen LogP contribution in [0.2, 0.25) is 0 Å². The van der Waals surface area contributed by atoms with Crippen LogP contribution >= 0.6 is 0 Å². The molecular formula is C7H12O4. The first-order chi connectivity index (χ1) is 5.26. The van der Waals surface area contributed by atoms with Crippen molar-refractivity contribution in [3.63, 3.8) is 0 Å². The molecule has 1 fully saturated rings. The first-order valence-electron chi connectivity index (χ1n) is 3.59. The molecule has 0 amide bonds. The van der Waals surface area contributed by atoms with Crippen molar-refractivity contribution in [2.24, 2.45) is 0 Å². The number of methoxy groups -OCH3 is 1. The van der Waals surface area contributed by atoms with E-state index in [1.54, 1.807) is 7.11 Å². The molecule has 11 heavy (non-hydrogen) atoms. The summed E-state index contributed by atoms with van der Waals surface area (Å²) in [5.74, 6) is -0.290. The Morgan fingerprint density at radius 2 is 2.55 bits per heavy atom.